The Kier molecular flexibility index (Phi) is 1.93. The number of H-pyrrole nitrogens is 1. The van der Waals surface area contributed by atoms with Gasteiger partial charge in [0.05, 0.1) is 0 Å². The summed E-state index contributed by atoms with van der Waals surface area (Å²) in [6, 6.07) is 1.23. The fourth-order valence-corrected chi connectivity index (χ4v) is 1.71. The maximum atomic E-state index is 13.2. The third-order valence-corrected chi connectivity index (χ3v) is 2.60. The van der Waals surface area contributed by atoms with E-state index in [-0.39, 0.29) is 5.52 Å². The van der Waals surface area contributed by atoms with Crippen LogP contribution >= 0.6 is 23.2 Å². The Morgan fingerprint density at radius 2 is 2.15 bits per heavy atom. The number of halogens is 3. The van der Waals surface area contributed by atoms with Gasteiger partial charge in [-0.15, -0.1) is 0 Å². The van der Waals surface area contributed by atoms with Crippen LogP contribution in [0.25, 0.3) is 10.9 Å². The summed E-state index contributed by atoms with van der Waals surface area (Å²) in [6.07, 6.45) is 0. The highest BCUT2D eigenvalue weighted by molar-refractivity contribution is 6.36. The number of hydrogen-bond acceptors (Lipinski definition) is 1. The standard InChI is InChI=1S/C8H5Cl2FN2/c1-3-4(9)2-5(11)7-6(3)8(10)13-12-7/h2H,1H3,(H,12,13). The van der Waals surface area contributed by atoms with E-state index in [9.17, 15) is 4.39 Å². The van der Waals surface area contributed by atoms with Crippen molar-refractivity contribution in [2.24, 2.45) is 0 Å². The SMILES string of the molecule is Cc1c(Cl)cc(F)c2n[nH]c(Cl)c12. The van der Waals surface area contributed by atoms with E-state index in [1.54, 1.807) is 6.92 Å². The molecule has 2 rings (SSSR count). The summed E-state index contributed by atoms with van der Waals surface area (Å²) in [5.41, 5.74) is 0.962. The monoisotopic (exact) mass is 218 g/mol. The summed E-state index contributed by atoms with van der Waals surface area (Å²) in [4.78, 5) is 0. The second kappa shape index (κ2) is 2.86. The quantitative estimate of drug-likeness (QED) is 0.723. The van der Waals surface area contributed by atoms with Crippen LogP contribution in [0.2, 0.25) is 10.2 Å². The van der Waals surface area contributed by atoms with E-state index in [1.807, 2.05) is 0 Å². The minimum atomic E-state index is -0.464. The zero-order valence-electron chi connectivity index (χ0n) is 6.66. The molecule has 0 saturated heterocycles. The van der Waals surface area contributed by atoms with Gasteiger partial charge in [-0.3, -0.25) is 5.10 Å². The Hall–Kier alpha value is -0.800. The van der Waals surface area contributed by atoms with E-state index >= 15 is 0 Å². The molecular weight excluding hydrogens is 214 g/mol. The molecule has 68 valence electrons. The molecule has 2 nitrogen and oxygen atoms in total. The van der Waals surface area contributed by atoms with Crippen molar-refractivity contribution < 1.29 is 4.39 Å². The molecule has 0 aliphatic rings. The summed E-state index contributed by atoms with van der Waals surface area (Å²) in [5.74, 6) is -0.464. The van der Waals surface area contributed by atoms with E-state index in [2.05, 4.69) is 10.2 Å². The minimum absolute atomic E-state index is 0.229. The van der Waals surface area contributed by atoms with E-state index in [0.717, 1.165) is 5.56 Å². The second-order valence-electron chi connectivity index (χ2n) is 2.73. The molecule has 0 aliphatic carbocycles. The number of aromatic nitrogens is 2. The van der Waals surface area contributed by atoms with Crippen molar-refractivity contribution in [3.8, 4) is 0 Å². The van der Waals surface area contributed by atoms with Gasteiger partial charge in [-0.25, -0.2) is 4.39 Å². The molecule has 1 N–H and O–H groups in total. The molecule has 0 aliphatic heterocycles. The van der Waals surface area contributed by atoms with Gasteiger partial charge in [0.1, 0.15) is 10.7 Å². The number of hydrogen-bond donors (Lipinski definition) is 1. The lowest BCUT2D eigenvalue weighted by Crippen LogP contribution is -1.83. The van der Waals surface area contributed by atoms with Crippen molar-refractivity contribution >= 4 is 34.1 Å². The predicted molar refractivity (Wildman–Crippen MR) is 50.8 cm³/mol. The average Bonchev–Trinajstić information content (AvgIpc) is 2.44. The van der Waals surface area contributed by atoms with Gasteiger partial charge >= 0.3 is 0 Å². The Labute approximate surface area is 83.6 Å². The Bertz CT molecular complexity index is 478. The fraction of sp³-hybridized carbons (Fsp3) is 0.125. The van der Waals surface area contributed by atoms with Crippen LogP contribution in [0.5, 0.6) is 0 Å². The average molecular weight is 219 g/mol. The highest BCUT2D eigenvalue weighted by Gasteiger charge is 2.13. The van der Waals surface area contributed by atoms with Crippen LogP contribution in [0.3, 0.4) is 0 Å². The number of aromatic amines is 1. The molecule has 0 amide bonds. The molecule has 1 aromatic carbocycles. The van der Waals surface area contributed by atoms with Crippen molar-refractivity contribution in [3.05, 3.63) is 27.6 Å². The number of benzene rings is 1. The van der Waals surface area contributed by atoms with Gasteiger partial charge < -0.3 is 0 Å². The maximum absolute atomic E-state index is 13.2. The summed E-state index contributed by atoms with van der Waals surface area (Å²) in [6.45, 7) is 1.77. The largest absolute Gasteiger partial charge is 0.266 e. The zero-order valence-corrected chi connectivity index (χ0v) is 8.17. The summed E-state index contributed by atoms with van der Waals surface area (Å²) >= 11 is 11.6. The van der Waals surface area contributed by atoms with Crippen LogP contribution in [-0.4, -0.2) is 10.2 Å². The molecule has 1 heterocycles. The van der Waals surface area contributed by atoms with Crippen LogP contribution in [0.15, 0.2) is 6.07 Å². The van der Waals surface area contributed by atoms with Crippen molar-refractivity contribution in [1.82, 2.24) is 10.2 Å². The Morgan fingerprint density at radius 1 is 1.46 bits per heavy atom. The van der Waals surface area contributed by atoms with Gasteiger partial charge in [0.25, 0.3) is 0 Å². The summed E-state index contributed by atoms with van der Waals surface area (Å²) < 4.78 is 13.2. The maximum Gasteiger partial charge on any atom is 0.152 e. The second-order valence-corrected chi connectivity index (χ2v) is 3.51. The van der Waals surface area contributed by atoms with Gasteiger partial charge in [0, 0.05) is 10.4 Å². The molecule has 0 atom stereocenters. The zero-order chi connectivity index (χ0) is 9.59. The minimum Gasteiger partial charge on any atom is -0.266 e. The molecule has 0 bridgehead atoms. The lowest BCUT2D eigenvalue weighted by molar-refractivity contribution is 0.636. The lowest BCUT2D eigenvalue weighted by Gasteiger charge is -1.99. The number of nitrogens with one attached hydrogen (secondary N) is 1. The van der Waals surface area contributed by atoms with Gasteiger partial charge in [-0.2, -0.15) is 5.10 Å². The predicted octanol–water partition coefficient (Wildman–Crippen LogP) is 3.32. The molecule has 1 aromatic heterocycles. The molecule has 0 radical (unpaired) electrons. The summed E-state index contributed by atoms with van der Waals surface area (Å²) in [7, 11) is 0. The fourth-order valence-electron chi connectivity index (χ4n) is 1.24. The first-order chi connectivity index (χ1) is 6.11. The number of nitrogens with zero attached hydrogens (tertiary/aromatic N) is 1. The van der Waals surface area contributed by atoms with Crippen LogP contribution in [0.1, 0.15) is 5.56 Å². The van der Waals surface area contributed by atoms with E-state index < -0.39 is 5.82 Å². The topological polar surface area (TPSA) is 28.7 Å². The molecule has 5 heteroatoms. The van der Waals surface area contributed by atoms with Crippen molar-refractivity contribution in [1.29, 1.82) is 0 Å². The van der Waals surface area contributed by atoms with Crippen LogP contribution in [-0.2, 0) is 0 Å². The van der Waals surface area contributed by atoms with Crippen LogP contribution < -0.4 is 0 Å². The van der Waals surface area contributed by atoms with Gasteiger partial charge in [0.15, 0.2) is 5.82 Å². The highest BCUT2D eigenvalue weighted by atomic mass is 35.5. The number of fused-ring (bicyclic) bond motifs is 1. The third-order valence-electron chi connectivity index (χ3n) is 1.94. The number of aryl methyl sites for hydroxylation is 1. The van der Waals surface area contributed by atoms with Crippen molar-refractivity contribution in [2.45, 2.75) is 6.92 Å². The van der Waals surface area contributed by atoms with E-state index in [0.29, 0.717) is 15.6 Å². The molecule has 13 heavy (non-hydrogen) atoms. The van der Waals surface area contributed by atoms with E-state index in [1.165, 1.54) is 6.07 Å². The van der Waals surface area contributed by atoms with Crippen LogP contribution in [0.4, 0.5) is 4.39 Å². The molecular formula is C8H5Cl2FN2. The molecule has 0 unspecified atom stereocenters. The smallest absolute Gasteiger partial charge is 0.152 e. The molecule has 0 spiro atoms. The summed E-state index contributed by atoms with van der Waals surface area (Å²) in [5, 5.41) is 7.45. The first-order valence-electron chi connectivity index (χ1n) is 3.59. The van der Waals surface area contributed by atoms with E-state index in [4.69, 9.17) is 23.2 Å². The first-order valence-corrected chi connectivity index (χ1v) is 4.35. The lowest BCUT2D eigenvalue weighted by atomic mass is 10.1. The first kappa shape index (κ1) is 8.78. The normalized spacial score (nSPS) is 11.1. The van der Waals surface area contributed by atoms with Gasteiger partial charge in [-0.05, 0) is 18.6 Å². The molecule has 0 fully saturated rings. The van der Waals surface area contributed by atoms with Gasteiger partial charge in [0.2, 0.25) is 0 Å². The Morgan fingerprint density at radius 3 is 2.85 bits per heavy atom. The number of rotatable bonds is 0. The highest BCUT2D eigenvalue weighted by Crippen LogP contribution is 2.30. The van der Waals surface area contributed by atoms with Crippen molar-refractivity contribution in [2.75, 3.05) is 0 Å². The Balaban J connectivity index is 3.00. The van der Waals surface area contributed by atoms with Crippen LogP contribution in [0, 0.1) is 12.7 Å². The van der Waals surface area contributed by atoms with Gasteiger partial charge in [-0.1, -0.05) is 23.2 Å². The van der Waals surface area contributed by atoms with Crippen molar-refractivity contribution in [3.63, 3.8) is 0 Å². The molecule has 2 aromatic rings. The molecule has 0 saturated carbocycles. The third kappa shape index (κ3) is 1.19.